The van der Waals surface area contributed by atoms with Crippen LogP contribution in [0.2, 0.25) is 10.0 Å². The van der Waals surface area contributed by atoms with Crippen LogP contribution in [0.1, 0.15) is 44.9 Å². The minimum absolute atomic E-state index is 0.0326. The molecule has 3 aromatic carbocycles. The van der Waals surface area contributed by atoms with Crippen molar-refractivity contribution in [3.8, 4) is 5.75 Å². The van der Waals surface area contributed by atoms with Gasteiger partial charge in [-0.25, -0.2) is 14.2 Å². The molecule has 0 aliphatic carbocycles. The quantitative estimate of drug-likeness (QED) is 0.207. The van der Waals surface area contributed by atoms with E-state index in [2.05, 4.69) is 0 Å². The lowest BCUT2D eigenvalue weighted by molar-refractivity contribution is -0.139. The summed E-state index contributed by atoms with van der Waals surface area (Å²) in [7, 11) is 0. The lowest BCUT2D eigenvalue weighted by Crippen LogP contribution is -2.34. The van der Waals surface area contributed by atoms with E-state index in [1.165, 1.54) is 24.3 Å². The molecule has 0 saturated carbocycles. The lowest BCUT2D eigenvalue weighted by atomic mass is 9.96. The Balaban J connectivity index is 1.29. The second-order valence-corrected chi connectivity index (χ2v) is 11.4. The van der Waals surface area contributed by atoms with Crippen molar-refractivity contribution in [2.24, 2.45) is 0 Å². The monoisotopic (exact) mass is 637 g/mol. The number of alkyl halides is 3. The lowest BCUT2D eigenvalue weighted by Gasteiger charge is -2.31. The molecule has 7 nitrogen and oxygen atoms in total. The second-order valence-electron chi connectivity index (χ2n) is 10.6. The van der Waals surface area contributed by atoms with Crippen molar-refractivity contribution in [2.75, 3.05) is 13.2 Å². The molecular formula is C30H25Cl2F4N3O4. The molecule has 4 aromatic rings. The number of rotatable bonds is 8. The fraction of sp³-hybridized carbons (Fsp3) is 0.333. The smallest absolute Gasteiger partial charge is 0.419 e. The number of aromatic nitrogens is 2. The Morgan fingerprint density at radius 3 is 2.60 bits per heavy atom. The number of imidazole rings is 1. The van der Waals surface area contributed by atoms with Crippen LogP contribution in [0.5, 0.6) is 5.75 Å². The largest absolute Gasteiger partial charge is 0.488 e. The highest BCUT2D eigenvalue weighted by atomic mass is 35.5. The molecule has 1 aromatic heterocycles. The molecule has 2 aliphatic rings. The number of aromatic carboxylic acids is 1. The normalized spacial score (nSPS) is 17.1. The number of benzene rings is 3. The van der Waals surface area contributed by atoms with Gasteiger partial charge in [-0.3, -0.25) is 4.90 Å². The molecule has 2 aliphatic heterocycles. The maximum Gasteiger partial charge on any atom is 0.419 e. The summed E-state index contributed by atoms with van der Waals surface area (Å²) in [5, 5.41) is 9.84. The minimum atomic E-state index is -4.66. The summed E-state index contributed by atoms with van der Waals surface area (Å²) in [5.74, 6) is -1.57. The van der Waals surface area contributed by atoms with Crippen LogP contribution in [0.3, 0.4) is 0 Å². The fourth-order valence-electron chi connectivity index (χ4n) is 5.46. The van der Waals surface area contributed by atoms with Crippen LogP contribution >= 0.6 is 23.2 Å². The third-order valence-electron chi connectivity index (χ3n) is 7.80. The van der Waals surface area contributed by atoms with E-state index in [9.17, 15) is 27.5 Å². The maximum absolute atomic E-state index is 14.3. The van der Waals surface area contributed by atoms with Gasteiger partial charge in [-0.15, -0.1) is 0 Å². The van der Waals surface area contributed by atoms with Crippen LogP contribution in [0.25, 0.3) is 11.0 Å². The van der Waals surface area contributed by atoms with Crippen molar-refractivity contribution in [1.29, 1.82) is 0 Å². The van der Waals surface area contributed by atoms with E-state index < -0.39 is 30.1 Å². The summed E-state index contributed by atoms with van der Waals surface area (Å²) >= 11 is 12.3. The molecule has 43 heavy (non-hydrogen) atoms. The van der Waals surface area contributed by atoms with E-state index in [1.54, 1.807) is 6.07 Å². The molecule has 0 radical (unpaired) electrons. The third kappa shape index (κ3) is 6.04. The van der Waals surface area contributed by atoms with Gasteiger partial charge in [0.1, 0.15) is 24.0 Å². The van der Waals surface area contributed by atoms with Gasteiger partial charge in [-0.2, -0.15) is 13.2 Å². The highest BCUT2D eigenvalue weighted by molar-refractivity contribution is 6.37. The van der Waals surface area contributed by atoms with Gasteiger partial charge in [0.15, 0.2) is 0 Å². The van der Waals surface area contributed by atoms with Crippen molar-refractivity contribution in [3.63, 3.8) is 0 Å². The first kappa shape index (κ1) is 29.7. The number of carboxylic acids is 1. The Morgan fingerprint density at radius 2 is 1.93 bits per heavy atom. The van der Waals surface area contributed by atoms with Gasteiger partial charge in [-0.1, -0.05) is 29.3 Å². The SMILES string of the molecule is O=C(O)c1ccc2nc(CN3CCc4cc(C(F)(F)F)c(OCc5ccc(Cl)cc5F)cc4C3)n(C[C@@H]3CCO3)c2c1Cl. The summed E-state index contributed by atoms with van der Waals surface area (Å²) in [4.78, 5) is 18.5. The molecule has 1 fully saturated rings. The van der Waals surface area contributed by atoms with Crippen LogP contribution in [-0.2, 0) is 43.6 Å². The Hall–Kier alpha value is -3.38. The second kappa shape index (κ2) is 11.6. The van der Waals surface area contributed by atoms with Gasteiger partial charge >= 0.3 is 12.1 Å². The Labute approximate surface area is 253 Å². The van der Waals surface area contributed by atoms with Gasteiger partial charge in [0.05, 0.1) is 46.4 Å². The van der Waals surface area contributed by atoms with Crippen LogP contribution in [0, 0.1) is 5.82 Å². The average Bonchev–Trinajstić information content (AvgIpc) is 3.26. The summed E-state index contributed by atoms with van der Waals surface area (Å²) in [6.07, 6.45) is -3.52. The first-order valence-electron chi connectivity index (χ1n) is 13.5. The van der Waals surface area contributed by atoms with Gasteiger partial charge in [0.25, 0.3) is 0 Å². The number of carboxylic acid groups (broad SMARTS) is 1. The predicted octanol–water partition coefficient (Wildman–Crippen LogP) is 7.13. The van der Waals surface area contributed by atoms with E-state index in [0.29, 0.717) is 67.2 Å². The molecule has 1 N–H and O–H groups in total. The summed E-state index contributed by atoms with van der Waals surface area (Å²) in [6.45, 7) is 1.80. The summed E-state index contributed by atoms with van der Waals surface area (Å²) in [5.41, 5.74) is 1.39. The highest BCUT2D eigenvalue weighted by Gasteiger charge is 2.36. The summed E-state index contributed by atoms with van der Waals surface area (Å²) < 4.78 is 69.3. The van der Waals surface area contributed by atoms with Gasteiger partial charge < -0.3 is 19.1 Å². The van der Waals surface area contributed by atoms with Crippen LogP contribution in [0.4, 0.5) is 17.6 Å². The van der Waals surface area contributed by atoms with Crippen molar-refractivity contribution in [2.45, 2.75) is 51.4 Å². The molecule has 13 heteroatoms. The number of fused-ring (bicyclic) bond motifs is 2. The zero-order valence-electron chi connectivity index (χ0n) is 22.6. The van der Waals surface area contributed by atoms with E-state index in [1.807, 2.05) is 9.47 Å². The first-order valence-corrected chi connectivity index (χ1v) is 14.3. The van der Waals surface area contributed by atoms with Crippen molar-refractivity contribution >= 4 is 40.2 Å². The molecule has 0 unspecified atom stereocenters. The van der Waals surface area contributed by atoms with Crippen molar-refractivity contribution < 1.29 is 36.9 Å². The number of hydrogen-bond acceptors (Lipinski definition) is 5. The van der Waals surface area contributed by atoms with Crippen molar-refractivity contribution in [3.05, 3.63) is 92.0 Å². The maximum atomic E-state index is 14.3. The van der Waals surface area contributed by atoms with E-state index in [0.717, 1.165) is 18.6 Å². The molecule has 1 atom stereocenters. The molecule has 226 valence electrons. The Morgan fingerprint density at radius 1 is 1.14 bits per heavy atom. The predicted molar refractivity (Wildman–Crippen MR) is 151 cm³/mol. The summed E-state index contributed by atoms with van der Waals surface area (Å²) in [6, 6.07) is 9.41. The van der Waals surface area contributed by atoms with Gasteiger partial charge in [0.2, 0.25) is 0 Å². The zero-order chi connectivity index (χ0) is 30.5. The number of halogens is 6. The van der Waals surface area contributed by atoms with Crippen LogP contribution in [-0.4, -0.2) is 44.8 Å². The average molecular weight is 638 g/mol. The van der Waals surface area contributed by atoms with Gasteiger partial charge in [0, 0.05) is 30.3 Å². The molecule has 1 saturated heterocycles. The molecule has 0 bridgehead atoms. The zero-order valence-corrected chi connectivity index (χ0v) is 24.1. The van der Waals surface area contributed by atoms with E-state index in [4.69, 9.17) is 37.7 Å². The topological polar surface area (TPSA) is 76.8 Å². The molecule has 6 rings (SSSR count). The van der Waals surface area contributed by atoms with Crippen LogP contribution in [0.15, 0.2) is 42.5 Å². The number of hydrogen-bond donors (Lipinski definition) is 1. The third-order valence-corrected chi connectivity index (χ3v) is 8.42. The minimum Gasteiger partial charge on any atom is -0.488 e. The highest BCUT2D eigenvalue weighted by Crippen LogP contribution is 2.40. The number of ether oxygens (including phenoxy) is 2. The standard InChI is InChI=1S/C30H25Cl2F4N3O4/c31-19-2-1-17(23(33)11-19)15-43-25-10-18-12-38(7-5-16(18)9-22(25)30(34,35)36)14-26-37-24-4-3-21(29(40)41)27(32)28(24)39(26)13-20-6-8-42-20/h1-4,9-11,20H,5-8,12-15H2,(H,40,41)/t20-/m0/s1. The van der Waals surface area contributed by atoms with E-state index >= 15 is 0 Å². The Bertz CT molecular complexity index is 1720. The molecular weight excluding hydrogens is 613 g/mol. The number of nitrogens with zero attached hydrogens (tertiary/aromatic N) is 3. The first-order chi connectivity index (χ1) is 20.5. The molecule has 0 amide bonds. The fourth-order valence-corrected chi connectivity index (χ4v) is 5.96. The number of carbonyl (C=O) groups is 1. The molecule has 0 spiro atoms. The Kier molecular flexibility index (Phi) is 8.01. The van der Waals surface area contributed by atoms with E-state index in [-0.39, 0.29) is 33.0 Å². The van der Waals surface area contributed by atoms with Gasteiger partial charge in [-0.05, 0) is 60.4 Å². The van der Waals surface area contributed by atoms with Crippen molar-refractivity contribution in [1.82, 2.24) is 14.5 Å². The molecule has 3 heterocycles. The van der Waals surface area contributed by atoms with Crippen LogP contribution < -0.4 is 4.74 Å².